The monoisotopic (exact) mass is 183 g/mol. The molecule has 0 aliphatic rings. The van der Waals surface area contributed by atoms with E-state index < -0.39 is 0 Å². The topological polar surface area (TPSA) is 26.0 Å². The highest BCUT2D eigenvalue weighted by Gasteiger charge is 2.06. The predicted molar refractivity (Wildman–Crippen MR) is 56.3 cm³/mol. The van der Waals surface area contributed by atoms with Gasteiger partial charge in [0.15, 0.2) is 0 Å². The van der Waals surface area contributed by atoms with Crippen molar-refractivity contribution in [1.29, 1.82) is 0 Å². The second-order valence-electron chi connectivity index (χ2n) is 3.38. The summed E-state index contributed by atoms with van der Waals surface area (Å²) in [5.41, 5.74) is 2.95. The van der Waals surface area contributed by atoms with E-state index >= 15 is 0 Å². The van der Waals surface area contributed by atoms with Gasteiger partial charge in [-0.25, -0.2) is 0 Å². The SMILES string of the molecule is Cc1nc2ccccc2c2occc12. The van der Waals surface area contributed by atoms with Gasteiger partial charge in [0.2, 0.25) is 0 Å². The van der Waals surface area contributed by atoms with Crippen LogP contribution in [0.5, 0.6) is 0 Å². The van der Waals surface area contributed by atoms with E-state index in [4.69, 9.17) is 4.42 Å². The summed E-state index contributed by atoms with van der Waals surface area (Å²) in [6.45, 7) is 2.00. The van der Waals surface area contributed by atoms with E-state index in [1.165, 1.54) is 0 Å². The van der Waals surface area contributed by atoms with E-state index in [9.17, 15) is 0 Å². The van der Waals surface area contributed by atoms with Gasteiger partial charge in [-0.2, -0.15) is 0 Å². The second kappa shape index (κ2) is 2.58. The van der Waals surface area contributed by atoms with Gasteiger partial charge in [0.1, 0.15) is 5.58 Å². The zero-order valence-corrected chi connectivity index (χ0v) is 7.82. The molecule has 2 nitrogen and oxygen atoms in total. The number of para-hydroxylation sites is 1. The van der Waals surface area contributed by atoms with Crippen molar-refractivity contribution in [3.8, 4) is 0 Å². The lowest BCUT2D eigenvalue weighted by Gasteiger charge is -2.00. The van der Waals surface area contributed by atoms with Crippen LogP contribution in [0, 0.1) is 6.92 Å². The van der Waals surface area contributed by atoms with Crippen LogP contribution >= 0.6 is 0 Å². The lowest BCUT2D eigenvalue weighted by molar-refractivity contribution is 0.619. The average Bonchev–Trinajstić information content (AvgIpc) is 2.67. The Morgan fingerprint density at radius 3 is 2.86 bits per heavy atom. The van der Waals surface area contributed by atoms with Crippen LogP contribution in [0.1, 0.15) is 5.69 Å². The van der Waals surface area contributed by atoms with Crippen molar-refractivity contribution in [2.24, 2.45) is 0 Å². The number of nitrogens with zero attached hydrogens (tertiary/aromatic N) is 1. The van der Waals surface area contributed by atoms with Gasteiger partial charge in [0, 0.05) is 16.5 Å². The number of furan rings is 1. The summed E-state index contributed by atoms with van der Waals surface area (Å²) in [5, 5.41) is 2.18. The smallest absolute Gasteiger partial charge is 0.145 e. The molecule has 0 unspecified atom stereocenters. The van der Waals surface area contributed by atoms with E-state index in [0.717, 1.165) is 27.6 Å². The highest BCUT2D eigenvalue weighted by atomic mass is 16.3. The first kappa shape index (κ1) is 7.56. The molecule has 0 aliphatic heterocycles. The van der Waals surface area contributed by atoms with Crippen LogP contribution in [0.25, 0.3) is 21.9 Å². The maximum Gasteiger partial charge on any atom is 0.145 e. The Kier molecular flexibility index (Phi) is 1.39. The lowest BCUT2D eigenvalue weighted by Crippen LogP contribution is -1.84. The molecule has 14 heavy (non-hydrogen) atoms. The van der Waals surface area contributed by atoms with Crippen molar-refractivity contribution in [2.45, 2.75) is 6.92 Å². The highest BCUT2D eigenvalue weighted by Crippen LogP contribution is 2.26. The minimum absolute atomic E-state index is 0.938. The molecule has 0 N–H and O–H groups in total. The third-order valence-electron chi connectivity index (χ3n) is 2.49. The molecule has 0 saturated carbocycles. The van der Waals surface area contributed by atoms with Gasteiger partial charge in [-0.3, -0.25) is 4.98 Å². The maximum absolute atomic E-state index is 5.47. The Hall–Kier alpha value is -1.83. The number of hydrogen-bond donors (Lipinski definition) is 0. The van der Waals surface area contributed by atoms with Crippen LogP contribution in [0.2, 0.25) is 0 Å². The molecular formula is C12H9NO. The van der Waals surface area contributed by atoms with E-state index in [0.29, 0.717) is 0 Å². The number of aromatic nitrogens is 1. The first-order valence-electron chi connectivity index (χ1n) is 4.59. The first-order valence-corrected chi connectivity index (χ1v) is 4.59. The van der Waals surface area contributed by atoms with Crippen LogP contribution in [0.4, 0.5) is 0 Å². The average molecular weight is 183 g/mol. The molecule has 0 fully saturated rings. The minimum Gasteiger partial charge on any atom is -0.464 e. The van der Waals surface area contributed by atoms with Crippen molar-refractivity contribution < 1.29 is 4.42 Å². The van der Waals surface area contributed by atoms with Gasteiger partial charge in [-0.15, -0.1) is 0 Å². The van der Waals surface area contributed by atoms with E-state index in [1.807, 2.05) is 37.3 Å². The third kappa shape index (κ3) is 0.880. The quantitative estimate of drug-likeness (QED) is 0.534. The van der Waals surface area contributed by atoms with Crippen molar-refractivity contribution in [1.82, 2.24) is 4.98 Å². The van der Waals surface area contributed by atoms with Crippen molar-refractivity contribution >= 4 is 21.9 Å². The van der Waals surface area contributed by atoms with E-state index in [-0.39, 0.29) is 0 Å². The van der Waals surface area contributed by atoms with Crippen LogP contribution in [0.15, 0.2) is 41.0 Å². The number of benzene rings is 1. The van der Waals surface area contributed by atoms with Crippen LogP contribution in [-0.4, -0.2) is 4.98 Å². The lowest BCUT2D eigenvalue weighted by atomic mass is 10.1. The molecule has 0 amide bonds. The number of pyridine rings is 1. The molecule has 0 aliphatic carbocycles. The zero-order valence-electron chi connectivity index (χ0n) is 7.82. The van der Waals surface area contributed by atoms with Gasteiger partial charge in [0.05, 0.1) is 11.8 Å². The fraction of sp³-hybridized carbons (Fsp3) is 0.0833. The molecule has 0 spiro atoms. The molecule has 68 valence electrons. The highest BCUT2D eigenvalue weighted by molar-refractivity contribution is 6.02. The van der Waals surface area contributed by atoms with Gasteiger partial charge in [0.25, 0.3) is 0 Å². The van der Waals surface area contributed by atoms with Gasteiger partial charge >= 0.3 is 0 Å². The van der Waals surface area contributed by atoms with Crippen molar-refractivity contribution in [3.05, 3.63) is 42.3 Å². The van der Waals surface area contributed by atoms with Gasteiger partial charge < -0.3 is 4.42 Å². The predicted octanol–water partition coefficient (Wildman–Crippen LogP) is 3.29. The summed E-state index contributed by atoms with van der Waals surface area (Å²) >= 11 is 0. The molecule has 1 aromatic carbocycles. The fourth-order valence-electron chi connectivity index (χ4n) is 1.81. The van der Waals surface area contributed by atoms with Crippen LogP contribution in [0.3, 0.4) is 0 Å². The summed E-state index contributed by atoms with van der Waals surface area (Å²) in [5.74, 6) is 0. The standard InChI is InChI=1S/C12H9NO/c1-8-9-6-7-14-12(9)10-4-2-3-5-11(10)13-8/h2-7H,1H3. The summed E-state index contributed by atoms with van der Waals surface area (Å²) in [6, 6.07) is 9.99. The molecular weight excluding hydrogens is 174 g/mol. The Bertz CT molecular complexity index is 610. The Balaban J connectivity index is 2.66. The molecule has 2 heterocycles. The Morgan fingerprint density at radius 2 is 1.93 bits per heavy atom. The van der Waals surface area contributed by atoms with Crippen molar-refractivity contribution in [3.63, 3.8) is 0 Å². The number of fused-ring (bicyclic) bond motifs is 3. The third-order valence-corrected chi connectivity index (χ3v) is 2.49. The van der Waals surface area contributed by atoms with E-state index in [1.54, 1.807) is 6.26 Å². The van der Waals surface area contributed by atoms with Crippen LogP contribution in [-0.2, 0) is 0 Å². The summed E-state index contributed by atoms with van der Waals surface area (Å²) < 4.78 is 5.47. The fourth-order valence-corrected chi connectivity index (χ4v) is 1.81. The number of hydrogen-bond acceptors (Lipinski definition) is 2. The minimum atomic E-state index is 0.938. The van der Waals surface area contributed by atoms with Crippen LogP contribution < -0.4 is 0 Å². The molecule has 0 radical (unpaired) electrons. The Morgan fingerprint density at radius 1 is 1.07 bits per heavy atom. The second-order valence-corrected chi connectivity index (χ2v) is 3.38. The summed E-state index contributed by atoms with van der Waals surface area (Å²) in [4.78, 5) is 4.52. The normalized spacial score (nSPS) is 11.2. The van der Waals surface area contributed by atoms with Crippen molar-refractivity contribution in [2.75, 3.05) is 0 Å². The molecule has 0 bridgehead atoms. The molecule has 3 rings (SSSR count). The summed E-state index contributed by atoms with van der Waals surface area (Å²) in [7, 11) is 0. The Labute approximate surface area is 81.2 Å². The molecule has 2 heteroatoms. The number of aryl methyl sites for hydroxylation is 1. The maximum atomic E-state index is 5.47. The molecule has 2 aromatic heterocycles. The van der Waals surface area contributed by atoms with Gasteiger partial charge in [-0.05, 0) is 25.1 Å². The first-order chi connectivity index (χ1) is 6.86. The zero-order chi connectivity index (χ0) is 9.54. The molecule has 3 aromatic rings. The number of rotatable bonds is 0. The molecule has 0 saturated heterocycles. The largest absolute Gasteiger partial charge is 0.464 e. The summed E-state index contributed by atoms with van der Waals surface area (Å²) in [6.07, 6.45) is 1.71. The van der Waals surface area contributed by atoms with Gasteiger partial charge in [-0.1, -0.05) is 12.1 Å². The van der Waals surface area contributed by atoms with E-state index in [2.05, 4.69) is 4.98 Å². The molecule has 0 atom stereocenters.